The summed E-state index contributed by atoms with van der Waals surface area (Å²) in [4.78, 5) is 3.92. The standard InChI is InChI=1S/C12H20N2O/c1-10-5-3-2-4-6-12(10)14-8-11-7-13-9-15-11/h7,9-10,12,14H,2-6,8H2,1H3. The molecule has 1 saturated carbocycles. The van der Waals surface area contributed by atoms with Gasteiger partial charge in [-0.25, -0.2) is 4.98 Å². The van der Waals surface area contributed by atoms with Crippen LogP contribution >= 0.6 is 0 Å². The molecule has 1 aromatic heterocycles. The van der Waals surface area contributed by atoms with Crippen LogP contribution in [0.5, 0.6) is 0 Å². The SMILES string of the molecule is CC1CCCCCC1NCc1cnco1. The highest BCUT2D eigenvalue weighted by Gasteiger charge is 2.19. The molecule has 1 aliphatic carbocycles. The van der Waals surface area contributed by atoms with E-state index < -0.39 is 0 Å². The van der Waals surface area contributed by atoms with Crippen molar-refractivity contribution in [3.63, 3.8) is 0 Å². The van der Waals surface area contributed by atoms with Crippen LogP contribution in [-0.4, -0.2) is 11.0 Å². The number of nitrogens with zero attached hydrogens (tertiary/aromatic N) is 1. The first-order chi connectivity index (χ1) is 7.36. The van der Waals surface area contributed by atoms with Crippen LogP contribution in [0.4, 0.5) is 0 Å². The molecular weight excluding hydrogens is 188 g/mol. The largest absolute Gasteiger partial charge is 0.447 e. The number of nitrogens with one attached hydrogen (secondary N) is 1. The maximum Gasteiger partial charge on any atom is 0.180 e. The summed E-state index contributed by atoms with van der Waals surface area (Å²) < 4.78 is 5.22. The fraction of sp³-hybridized carbons (Fsp3) is 0.750. The molecule has 0 bridgehead atoms. The smallest absolute Gasteiger partial charge is 0.180 e. The molecule has 1 aromatic rings. The summed E-state index contributed by atoms with van der Waals surface area (Å²) in [6.07, 6.45) is 10.1. The molecule has 2 unspecified atom stereocenters. The van der Waals surface area contributed by atoms with Gasteiger partial charge >= 0.3 is 0 Å². The van der Waals surface area contributed by atoms with E-state index in [1.54, 1.807) is 6.20 Å². The average molecular weight is 208 g/mol. The van der Waals surface area contributed by atoms with Gasteiger partial charge in [0.25, 0.3) is 0 Å². The normalized spacial score (nSPS) is 27.5. The lowest BCUT2D eigenvalue weighted by Crippen LogP contribution is -2.33. The summed E-state index contributed by atoms with van der Waals surface area (Å²) in [6.45, 7) is 3.17. The molecule has 0 aliphatic heterocycles. The second kappa shape index (κ2) is 5.31. The fourth-order valence-corrected chi connectivity index (χ4v) is 2.36. The van der Waals surface area contributed by atoms with Crippen molar-refractivity contribution in [3.8, 4) is 0 Å². The third kappa shape index (κ3) is 3.06. The van der Waals surface area contributed by atoms with Crippen molar-refractivity contribution in [3.05, 3.63) is 18.4 Å². The zero-order chi connectivity index (χ0) is 10.5. The molecule has 3 nitrogen and oxygen atoms in total. The minimum Gasteiger partial charge on any atom is -0.447 e. The molecule has 1 heterocycles. The first kappa shape index (κ1) is 10.7. The van der Waals surface area contributed by atoms with Gasteiger partial charge in [0.15, 0.2) is 6.39 Å². The van der Waals surface area contributed by atoms with Crippen LogP contribution in [0.3, 0.4) is 0 Å². The molecule has 0 spiro atoms. The van der Waals surface area contributed by atoms with E-state index in [1.807, 2.05) is 0 Å². The van der Waals surface area contributed by atoms with Gasteiger partial charge in [-0.05, 0) is 18.8 Å². The Kier molecular flexibility index (Phi) is 3.78. The Morgan fingerprint density at radius 1 is 1.40 bits per heavy atom. The van der Waals surface area contributed by atoms with Crippen LogP contribution in [-0.2, 0) is 6.54 Å². The van der Waals surface area contributed by atoms with E-state index >= 15 is 0 Å². The van der Waals surface area contributed by atoms with E-state index in [0.717, 1.165) is 18.2 Å². The van der Waals surface area contributed by atoms with Crippen molar-refractivity contribution in [2.24, 2.45) is 5.92 Å². The van der Waals surface area contributed by atoms with Crippen molar-refractivity contribution in [1.82, 2.24) is 10.3 Å². The van der Waals surface area contributed by atoms with Gasteiger partial charge in [0.2, 0.25) is 0 Å². The molecular formula is C12H20N2O. The van der Waals surface area contributed by atoms with Crippen molar-refractivity contribution in [1.29, 1.82) is 0 Å². The number of aromatic nitrogens is 1. The summed E-state index contributed by atoms with van der Waals surface area (Å²) in [5.74, 6) is 1.72. The highest BCUT2D eigenvalue weighted by molar-refractivity contribution is 4.89. The predicted molar refractivity (Wildman–Crippen MR) is 59.4 cm³/mol. The summed E-state index contributed by atoms with van der Waals surface area (Å²) in [7, 11) is 0. The van der Waals surface area contributed by atoms with E-state index in [0.29, 0.717) is 6.04 Å². The molecule has 0 aromatic carbocycles. The molecule has 1 aliphatic rings. The second-order valence-corrected chi connectivity index (χ2v) is 4.57. The zero-order valence-electron chi connectivity index (χ0n) is 9.41. The monoisotopic (exact) mass is 208 g/mol. The molecule has 84 valence electrons. The van der Waals surface area contributed by atoms with Crippen LogP contribution in [0.15, 0.2) is 17.0 Å². The van der Waals surface area contributed by atoms with Crippen molar-refractivity contribution in [2.45, 2.75) is 51.6 Å². The first-order valence-electron chi connectivity index (χ1n) is 5.97. The lowest BCUT2D eigenvalue weighted by Gasteiger charge is -2.22. The Hall–Kier alpha value is -0.830. The van der Waals surface area contributed by atoms with Gasteiger partial charge in [0.1, 0.15) is 5.76 Å². The van der Waals surface area contributed by atoms with E-state index in [4.69, 9.17) is 4.42 Å². The third-order valence-electron chi connectivity index (χ3n) is 3.38. The lowest BCUT2D eigenvalue weighted by molar-refractivity contribution is 0.341. The maximum atomic E-state index is 5.22. The molecule has 0 radical (unpaired) electrons. The number of oxazole rings is 1. The van der Waals surface area contributed by atoms with Crippen LogP contribution in [0, 0.1) is 5.92 Å². The Morgan fingerprint density at radius 3 is 3.07 bits per heavy atom. The first-order valence-corrected chi connectivity index (χ1v) is 5.97. The van der Waals surface area contributed by atoms with E-state index in [9.17, 15) is 0 Å². The molecule has 15 heavy (non-hydrogen) atoms. The van der Waals surface area contributed by atoms with Gasteiger partial charge < -0.3 is 9.73 Å². The van der Waals surface area contributed by atoms with Crippen molar-refractivity contribution in [2.75, 3.05) is 0 Å². The van der Waals surface area contributed by atoms with Gasteiger partial charge in [-0.2, -0.15) is 0 Å². The van der Waals surface area contributed by atoms with Gasteiger partial charge in [-0.1, -0.05) is 26.2 Å². The van der Waals surface area contributed by atoms with Crippen LogP contribution in [0.1, 0.15) is 44.8 Å². The Labute approximate surface area is 91.3 Å². The molecule has 2 atom stereocenters. The van der Waals surface area contributed by atoms with Crippen LogP contribution in [0.25, 0.3) is 0 Å². The molecule has 1 fully saturated rings. The third-order valence-corrected chi connectivity index (χ3v) is 3.38. The second-order valence-electron chi connectivity index (χ2n) is 4.57. The summed E-state index contributed by atoms with van der Waals surface area (Å²) in [5, 5.41) is 3.58. The fourth-order valence-electron chi connectivity index (χ4n) is 2.36. The van der Waals surface area contributed by atoms with E-state index in [-0.39, 0.29) is 0 Å². The molecule has 3 heteroatoms. The molecule has 0 amide bonds. The highest BCUT2D eigenvalue weighted by Crippen LogP contribution is 2.23. The maximum absolute atomic E-state index is 5.22. The predicted octanol–water partition coefficient (Wildman–Crippen LogP) is 2.73. The van der Waals surface area contributed by atoms with Gasteiger partial charge in [-0.3, -0.25) is 0 Å². The summed E-state index contributed by atoms with van der Waals surface area (Å²) in [5.41, 5.74) is 0. The van der Waals surface area contributed by atoms with Gasteiger partial charge in [-0.15, -0.1) is 0 Å². The highest BCUT2D eigenvalue weighted by atomic mass is 16.3. The van der Waals surface area contributed by atoms with E-state index in [1.165, 1.54) is 38.5 Å². The Bertz CT molecular complexity index is 271. The average Bonchev–Trinajstić information content (AvgIpc) is 2.67. The Morgan fingerprint density at radius 2 is 2.27 bits per heavy atom. The number of rotatable bonds is 3. The minimum absolute atomic E-state index is 0.651. The van der Waals surface area contributed by atoms with Crippen molar-refractivity contribution >= 4 is 0 Å². The number of hydrogen-bond acceptors (Lipinski definition) is 3. The number of hydrogen-bond donors (Lipinski definition) is 1. The lowest BCUT2D eigenvalue weighted by atomic mass is 9.97. The minimum atomic E-state index is 0.651. The molecule has 2 rings (SSSR count). The van der Waals surface area contributed by atoms with Crippen molar-refractivity contribution < 1.29 is 4.42 Å². The van der Waals surface area contributed by atoms with Crippen LogP contribution < -0.4 is 5.32 Å². The van der Waals surface area contributed by atoms with Gasteiger partial charge in [0, 0.05) is 6.04 Å². The van der Waals surface area contributed by atoms with E-state index in [2.05, 4.69) is 17.2 Å². The molecule has 0 saturated heterocycles. The van der Waals surface area contributed by atoms with Gasteiger partial charge in [0.05, 0.1) is 12.7 Å². The molecule has 1 N–H and O–H groups in total. The Balaban J connectivity index is 1.81. The summed E-state index contributed by atoms with van der Waals surface area (Å²) >= 11 is 0. The quantitative estimate of drug-likeness (QED) is 0.776. The summed E-state index contributed by atoms with van der Waals surface area (Å²) in [6, 6.07) is 0.651. The topological polar surface area (TPSA) is 38.1 Å². The van der Waals surface area contributed by atoms with Crippen LogP contribution in [0.2, 0.25) is 0 Å². The zero-order valence-corrected chi connectivity index (χ0v) is 9.41.